The molecule has 0 spiro atoms. The fourth-order valence-corrected chi connectivity index (χ4v) is 4.90. The molecule has 0 radical (unpaired) electrons. The third-order valence-electron chi connectivity index (χ3n) is 6.44. The summed E-state index contributed by atoms with van der Waals surface area (Å²) in [6, 6.07) is 0. The summed E-state index contributed by atoms with van der Waals surface area (Å²) in [5.41, 5.74) is 0. The lowest BCUT2D eigenvalue weighted by molar-refractivity contribution is -0.141. The largest absolute Gasteiger partial charge is 0.519 e. The lowest BCUT2D eigenvalue weighted by atomic mass is 9.88. The summed E-state index contributed by atoms with van der Waals surface area (Å²) in [5, 5.41) is 0.316. The van der Waals surface area contributed by atoms with Gasteiger partial charge in [0.2, 0.25) is 0 Å². The van der Waals surface area contributed by atoms with Crippen molar-refractivity contribution in [3.63, 3.8) is 0 Å². The van der Waals surface area contributed by atoms with E-state index in [-0.39, 0.29) is 22.0 Å². The molecule has 0 saturated heterocycles. The van der Waals surface area contributed by atoms with Crippen LogP contribution in [0.2, 0.25) is 36.3 Å². The van der Waals surface area contributed by atoms with Crippen LogP contribution in [0, 0.1) is 5.92 Å². The molecule has 0 aromatic carbocycles. The molecule has 1 aliphatic carbocycles. The van der Waals surface area contributed by atoms with E-state index < -0.39 is 16.6 Å². The maximum Gasteiger partial charge on any atom is 0.295 e. The van der Waals surface area contributed by atoms with Crippen LogP contribution in [0.15, 0.2) is 0 Å². The van der Waals surface area contributed by atoms with E-state index >= 15 is 0 Å². The van der Waals surface area contributed by atoms with E-state index in [2.05, 4.69) is 67.7 Å². The van der Waals surface area contributed by atoms with Crippen LogP contribution in [-0.4, -0.2) is 28.7 Å². The Hall–Kier alpha value is -0.136. The van der Waals surface area contributed by atoms with Gasteiger partial charge in [0.25, 0.3) is 14.3 Å². The van der Waals surface area contributed by atoms with Crippen molar-refractivity contribution >= 4 is 22.6 Å². The van der Waals surface area contributed by atoms with Crippen LogP contribution in [0.4, 0.5) is 0 Å². The normalized spacial score (nSPS) is 23.9. The zero-order valence-electron chi connectivity index (χ0n) is 17.7. The minimum atomic E-state index is -2.01. The Kier molecular flexibility index (Phi) is 6.60. The van der Waals surface area contributed by atoms with Gasteiger partial charge >= 0.3 is 0 Å². The van der Waals surface area contributed by atoms with Gasteiger partial charge in [0.1, 0.15) is 0 Å². The molecule has 5 heteroatoms. The van der Waals surface area contributed by atoms with Crippen LogP contribution in [0.25, 0.3) is 0 Å². The van der Waals surface area contributed by atoms with E-state index in [9.17, 15) is 4.79 Å². The number of hydrogen-bond donors (Lipinski definition) is 0. The van der Waals surface area contributed by atoms with Gasteiger partial charge in [0, 0.05) is 6.10 Å². The molecule has 0 atom stereocenters. The first-order chi connectivity index (χ1) is 10.6. The number of carbonyl (C=O) groups is 1. The molecule has 1 rings (SSSR count). The van der Waals surface area contributed by atoms with Crippen molar-refractivity contribution in [1.29, 1.82) is 0 Å². The molecule has 1 saturated carbocycles. The molecule has 1 aliphatic rings. The quantitative estimate of drug-likeness (QED) is 0.558. The predicted molar refractivity (Wildman–Crippen MR) is 107 cm³/mol. The van der Waals surface area contributed by atoms with Crippen LogP contribution in [-0.2, 0) is 13.6 Å². The van der Waals surface area contributed by atoms with E-state index in [1.807, 2.05) is 0 Å². The van der Waals surface area contributed by atoms with E-state index in [0.717, 1.165) is 25.7 Å². The average Bonchev–Trinajstić information content (AvgIpc) is 2.35. The van der Waals surface area contributed by atoms with Crippen LogP contribution in [0.1, 0.15) is 67.2 Å². The highest BCUT2D eigenvalue weighted by atomic mass is 28.4. The molecule has 0 aliphatic heterocycles. The van der Waals surface area contributed by atoms with Crippen LogP contribution in [0.3, 0.4) is 0 Å². The van der Waals surface area contributed by atoms with Crippen LogP contribution >= 0.6 is 0 Å². The van der Waals surface area contributed by atoms with Gasteiger partial charge in [-0.1, -0.05) is 41.5 Å². The highest BCUT2D eigenvalue weighted by Gasteiger charge is 2.43. The molecule has 142 valence electrons. The van der Waals surface area contributed by atoms with Gasteiger partial charge in [-0.2, -0.15) is 0 Å². The Morgan fingerprint density at radius 2 is 1.21 bits per heavy atom. The monoisotopic (exact) mass is 372 g/mol. The van der Waals surface area contributed by atoms with Crippen molar-refractivity contribution in [3.05, 3.63) is 0 Å². The van der Waals surface area contributed by atoms with Gasteiger partial charge in [0.05, 0.1) is 5.92 Å². The Labute approximate surface area is 152 Å². The molecule has 1 fully saturated rings. The molecule has 24 heavy (non-hydrogen) atoms. The second-order valence-electron chi connectivity index (χ2n) is 10.5. The van der Waals surface area contributed by atoms with Gasteiger partial charge in [-0.25, -0.2) is 0 Å². The number of hydrogen-bond acceptors (Lipinski definition) is 3. The fraction of sp³-hybridized carbons (Fsp3) is 0.947. The average molecular weight is 373 g/mol. The first-order valence-electron chi connectivity index (χ1n) is 9.47. The molecule has 0 aromatic heterocycles. The summed E-state index contributed by atoms with van der Waals surface area (Å²) in [5.74, 6) is 0.103. The van der Waals surface area contributed by atoms with Crippen molar-refractivity contribution in [2.45, 2.75) is 110 Å². The molecule has 3 nitrogen and oxygen atoms in total. The van der Waals surface area contributed by atoms with Crippen molar-refractivity contribution in [2.24, 2.45) is 5.92 Å². The Morgan fingerprint density at radius 1 is 0.792 bits per heavy atom. The second kappa shape index (κ2) is 7.24. The summed E-state index contributed by atoms with van der Waals surface area (Å²) in [7, 11) is -3.72. The zero-order chi connectivity index (χ0) is 19.0. The molecular weight excluding hydrogens is 332 g/mol. The van der Waals surface area contributed by atoms with Crippen molar-refractivity contribution in [2.75, 3.05) is 0 Å². The fourth-order valence-electron chi connectivity index (χ4n) is 2.50. The molecule has 0 N–H and O–H groups in total. The lowest BCUT2D eigenvalue weighted by Gasteiger charge is -2.41. The van der Waals surface area contributed by atoms with Gasteiger partial charge in [-0.3, -0.25) is 4.79 Å². The maximum atomic E-state index is 12.6. The first-order valence-corrected chi connectivity index (χ1v) is 15.3. The lowest BCUT2D eigenvalue weighted by Crippen LogP contribution is -2.46. The zero-order valence-corrected chi connectivity index (χ0v) is 19.7. The third-order valence-corrected chi connectivity index (χ3v) is 15.3. The summed E-state index contributed by atoms with van der Waals surface area (Å²) in [4.78, 5) is 12.6. The van der Waals surface area contributed by atoms with Gasteiger partial charge in [-0.15, -0.1) is 0 Å². The molecule has 0 aromatic rings. The topological polar surface area (TPSA) is 35.5 Å². The van der Waals surface area contributed by atoms with Crippen molar-refractivity contribution in [1.82, 2.24) is 0 Å². The van der Waals surface area contributed by atoms with Gasteiger partial charge < -0.3 is 8.85 Å². The molecule has 0 amide bonds. The Balaban J connectivity index is 2.56. The maximum absolute atomic E-state index is 12.6. The minimum Gasteiger partial charge on any atom is -0.519 e. The smallest absolute Gasteiger partial charge is 0.295 e. The minimum absolute atomic E-state index is 0.0346. The summed E-state index contributed by atoms with van der Waals surface area (Å²) < 4.78 is 12.5. The number of carbonyl (C=O) groups excluding carboxylic acids is 1. The highest BCUT2D eigenvalue weighted by Crippen LogP contribution is 2.41. The van der Waals surface area contributed by atoms with Crippen molar-refractivity contribution < 1.29 is 13.6 Å². The molecule has 0 unspecified atom stereocenters. The van der Waals surface area contributed by atoms with Crippen molar-refractivity contribution in [3.8, 4) is 0 Å². The highest BCUT2D eigenvalue weighted by molar-refractivity contribution is 6.75. The second-order valence-corrected chi connectivity index (χ2v) is 20.0. The van der Waals surface area contributed by atoms with Crippen LogP contribution < -0.4 is 0 Å². The van der Waals surface area contributed by atoms with Crippen LogP contribution in [0.5, 0.6) is 0 Å². The van der Waals surface area contributed by atoms with Gasteiger partial charge in [0.15, 0.2) is 8.32 Å². The van der Waals surface area contributed by atoms with Gasteiger partial charge in [-0.05, 0) is 61.9 Å². The number of rotatable bonds is 4. The van der Waals surface area contributed by atoms with E-state index in [4.69, 9.17) is 8.85 Å². The summed E-state index contributed by atoms with van der Waals surface area (Å²) in [6.45, 7) is 22.3. The molecule has 0 heterocycles. The third kappa shape index (κ3) is 5.43. The Bertz CT molecular complexity index is 437. The summed E-state index contributed by atoms with van der Waals surface area (Å²) in [6.07, 6.45) is 4.12. The Morgan fingerprint density at radius 3 is 1.58 bits per heavy atom. The van der Waals surface area contributed by atoms with E-state index in [1.54, 1.807) is 0 Å². The summed E-state index contributed by atoms with van der Waals surface area (Å²) >= 11 is 0. The predicted octanol–water partition coefficient (Wildman–Crippen LogP) is 6.12. The van der Waals surface area contributed by atoms with E-state index in [0.29, 0.717) is 6.10 Å². The molecule has 0 bridgehead atoms. The standard InChI is InChI=1S/C19H40O3Si2/c1-18(2,3)23(7,8)21-16-13-11-15(12-14-16)17(20)22-24(9,10)19(4,5)6/h15-16H,11-14H2,1-10H3/t15-,16-. The first kappa shape index (κ1) is 21.9. The SMILES string of the molecule is CC(C)(C)[Si](C)(C)OC(=O)[C@H]1CC[C@H](O[Si](C)(C)C(C)(C)C)CC1. The molecular formula is C19H40O3Si2. The van der Waals surface area contributed by atoms with E-state index in [1.165, 1.54) is 0 Å².